The van der Waals surface area contributed by atoms with Gasteiger partial charge in [-0.2, -0.15) is 0 Å². The molecule has 0 saturated carbocycles. The van der Waals surface area contributed by atoms with Crippen LogP contribution in [-0.2, 0) is 9.59 Å². The fourth-order valence-corrected chi connectivity index (χ4v) is 10.2. The molecule has 6 aliphatic heterocycles. The minimum Gasteiger partial charge on any atom is -0.369 e. The molecular weight excluding hydrogens is 766 g/mol. The fourth-order valence-electron chi connectivity index (χ4n) is 10.2. The van der Waals surface area contributed by atoms with Crippen LogP contribution in [0.5, 0.6) is 0 Å². The highest BCUT2D eigenvalue weighted by atomic mass is 19.1. The lowest BCUT2D eigenvalue weighted by Crippen LogP contribution is -2.54. The van der Waals surface area contributed by atoms with E-state index in [1.54, 1.807) is 0 Å². The van der Waals surface area contributed by atoms with Crippen molar-refractivity contribution in [2.24, 2.45) is 11.3 Å². The number of likely N-dealkylation sites (tertiary alicyclic amines) is 1. The van der Waals surface area contributed by atoms with E-state index in [4.69, 9.17) is 6.57 Å². The normalized spacial score (nSPS) is 22.4. The molecule has 0 bridgehead atoms. The summed E-state index contributed by atoms with van der Waals surface area (Å²) >= 11 is 0. The van der Waals surface area contributed by atoms with Gasteiger partial charge in [0.2, 0.25) is 11.8 Å². The second-order valence-corrected chi connectivity index (χ2v) is 17.5. The number of nitrogens with one attached hydrogen (secondary N) is 1. The van der Waals surface area contributed by atoms with Crippen molar-refractivity contribution in [2.75, 3.05) is 86.7 Å². The summed E-state index contributed by atoms with van der Waals surface area (Å²) in [5, 5.41) is 2.19. The number of imide groups is 2. The van der Waals surface area contributed by atoms with Crippen molar-refractivity contribution in [2.45, 2.75) is 57.9 Å². The van der Waals surface area contributed by atoms with E-state index < -0.39 is 35.5 Å². The van der Waals surface area contributed by atoms with Crippen LogP contribution in [0.2, 0.25) is 0 Å². The number of nitrogens with zero attached hydrogens (tertiary/aromatic N) is 8. The summed E-state index contributed by atoms with van der Waals surface area (Å²) in [4.78, 5) is 84.1. The molecule has 1 atom stereocenters. The molecule has 6 aliphatic rings. The fraction of sp³-hybridized carbons (Fsp3) is 0.489. The highest BCUT2D eigenvalue weighted by Gasteiger charge is 2.46. The Morgan fingerprint density at radius 2 is 1.50 bits per heavy atom. The van der Waals surface area contributed by atoms with Gasteiger partial charge in [0.1, 0.15) is 18.1 Å². The summed E-state index contributed by atoms with van der Waals surface area (Å²) in [7, 11) is 0. The number of amides is 5. The average Bonchev–Trinajstić information content (AvgIpc) is 3.77. The number of halogens is 1. The van der Waals surface area contributed by atoms with Gasteiger partial charge in [-0.1, -0.05) is 6.57 Å². The van der Waals surface area contributed by atoms with Crippen molar-refractivity contribution >= 4 is 52.4 Å². The zero-order valence-corrected chi connectivity index (χ0v) is 34.0. The van der Waals surface area contributed by atoms with Crippen LogP contribution < -0.4 is 20.0 Å². The number of carbonyl (C=O) groups is 5. The van der Waals surface area contributed by atoms with Crippen LogP contribution in [0, 0.1) is 30.6 Å². The van der Waals surface area contributed by atoms with Crippen LogP contribution >= 0.6 is 0 Å². The third-order valence-corrected chi connectivity index (χ3v) is 13.9. The van der Waals surface area contributed by atoms with Gasteiger partial charge in [0, 0.05) is 89.7 Å². The number of piperazine rings is 1. The maximum atomic E-state index is 15.5. The average molecular weight is 816 g/mol. The molecule has 9 rings (SSSR count). The Morgan fingerprint density at radius 1 is 0.833 bits per heavy atom. The number of hydrogen-bond donors (Lipinski definition) is 1. The third-order valence-electron chi connectivity index (χ3n) is 13.9. The van der Waals surface area contributed by atoms with Crippen LogP contribution in [0.3, 0.4) is 0 Å². The molecule has 5 fully saturated rings. The molecule has 1 spiro atoms. The lowest BCUT2D eigenvalue weighted by molar-refractivity contribution is -0.136. The van der Waals surface area contributed by atoms with Gasteiger partial charge in [-0.25, -0.2) is 4.39 Å². The molecule has 0 radical (unpaired) electrons. The highest BCUT2D eigenvalue weighted by Crippen LogP contribution is 2.42. The second-order valence-electron chi connectivity index (χ2n) is 17.5. The largest absolute Gasteiger partial charge is 0.369 e. The lowest BCUT2D eigenvalue weighted by Gasteiger charge is -2.40. The molecule has 5 amide bonds. The number of piperidine rings is 3. The number of aromatic nitrogens is 1. The molecular formula is C45H50FN9O5. The van der Waals surface area contributed by atoms with Gasteiger partial charge in [-0.15, -0.1) is 4.98 Å². The van der Waals surface area contributed by atoms with E-state index in [0.29, 0.717) is 24.8 Å². The minimum absolute atomic E-state index is 0.0235. The first-order valence-electron chi connectivity index (χ1n) is 21.2. The number of fused-ring (bicyclic) bond motifs is 1. The maximum absolute atomic E-state index is 15.5. The van der Waals surface area contributed by atoms with Crippen molar-refractivity contribution in [3.8, 4) is 0 Å². The summed E-state index contributed by atoms with van der Waals surface area (Å²) in [6, 6.07) is 11.6. The van der Waals surface area contributed by atoms with Gasteiger partial charge in [0.15, 0.2) is 0 Å². The van der Waals surface area contributed by atoms with E-state index in [1.807, 2.05) is 35.1 Å². The van der Waals surface area contributed by atoms with Crippen LogP contribution in [0.15, 0.2) is 48.7 Å². The lowest BCUT2D eigenvalue weighted by atomic mass is 9.77. The Hall–Kier alpha value is -5.88. The van der Waals surface area contributed by atoms with Gasteiger partial charge in [-0.05, 0) is 105 Å². The molecule has 3 aromatic rings. The molecule has 1 aromatic heterocycles. The smallest absolute Gasteiger partial charge is 0.272 e. The predicted octanol–water partition coefficient (Wildman–Crippen LogP) is 4.65. The monoisotopic (exact) mass is 815 g/mol. The van der Waals surface area contributed by atoms with E-state index in [9.17, 15) is 24.0 Å². The van der Waals surface area contributed by atoms with E-state index in [0.717, 1.165) is 124 Å². The van der Waals surface area contributed by atoms with Crippen LogP contribution in [-0.4, -0.2) is 127 Å². The summed E-state index contributed by atoms with van der Waals surface area (Å²) < 4.78 is 15.5. The van der Waals surface area contributed by atoms with Crippen molar-refractivity contribution in [3.05, 3.63) is 88.1 Å². The molecule has 14 nitrogen and oxygen atoms in total. The van der Waals surface area contributed by atoms with E-state index >= 15 is 4.39 Å². The number of aryl methyl sites for hydroxylation is 1. The summed E-state index contributed by atoms with van der Waals surface area (Å²) in [5.74, 6) is -2.05. The number of rotatable bonds is 7. The molecule has 2 aromatic carbocycles. The SMILES string of the molecule is [C-]#[N+]c1ncc(N2CCC3(CCN(C(=O)c4ccc(N5CCN(CC6CCN(c7cc8c(cc7F)C(=O)N(C7CCC(=O)NC7=O)C8=O)CC6)CC5)cc4)C3)CC2)cc1C. The van der Waals surface area contributed by atoms with E-state index in [2.05, 4.69) is 48.0 Å². The Morgan fingerprint density at radius 3 is 2.17 bits per heavy atom. The molecule has 60 heavy (non-hydrogen) atoms. The number of carbonyl (C=O) groups excluding carboxylic acids is 5. The van der Waals surface area contributed by atoms with Gasteiger partial charge in [0.05, 0.1) is 22.5 Å². The summed E-state index contributed by atoms with van der Waals surface area (Å²) in [6.45, 7) is 18.5. The van der Waals surface area contributed by atoms with Gasteiger partial charge in [-0.3, -0.25) is 39.1 Å². The molecule has 15 heteroatoms. The number of pyridine rings is 1. The first kappa shape index (κ1) is 39.6. The summed E-state index contributed by atoms with van der Waals surface area (Å²) in [5.41, 5.74) is 4.29. The van der Waals surface area contributed by atoms with Crippen molar-refractivity contribution in [3.63, 3.8) is 0 Å². The van der Waals surface area contributed by atoms with Gasteiger partial charge < -0.3 is 24.4 Å². The van der Waals surface area contributed by atoms with Crippen LogP contribution in [0.1, 0.15) is 81.6 Å². The topological polar surface area (TPSA) is 134 Å². The van der Waals surface area contributed by atoms with E-state index in [-0.39, 0.29) is 41.0 Å². The van der Waals surface area contributed by atoms with Crippen molar-refractivity contribution < 1.29 is 28.4 Å². The van der Waals surface area contributed by atoms with Crippen LogP contribution in [0.4, 0.5) is 27.3 Å². The Balaban J connectivity index is 0.725. The van der Waals surface area contributed by atoms with Crippen molar-refractivity contribution in [1.29, 1.82) is 0 Å². The standard InChI is InChI=1S/C45H50FN9O5/c1-29-23-33(26-48-40(29)47-2)51-16-11-45(12-17-51)13-18-54(28-45)42(58)31-3-5-32(6-4-31)52-21-19-50(20-22-52)27-30-9-14-53(15-10-30)38-25-35-34(24-36(38)46)43(59)55(44(35)60)37-7-8-39(56)49-41(37)57/h3-6,23-26,30,37H,7-22,27-28H2,1H3,(H,49,56,57). The quantitative estimate of drug-likeness (QED) is 0.266. The Bertz CT molecular complexity index is 2270. The first-order valence-corrected chi connectivity index (χ1v) is 21.2. The Labute approximate surface area is 349 Å². The highest BCUT2D eigenvalue weighted by molar-refractivity contribution is 6.23. The summed E-state index contributed by atoms with van der Waals surface area (Å²) in [6.07, 6.45) is 6.70. The molecule has 0 aliphatic carbocycles. The van der Waals surface area contributed by atoms with Crippen LogP contribution in [0.25, 0.3) is 4.85 Å². The van der Waals surface area contributed by atoms with Gasteiger partial charge >= 0.3 is 0 Å². The molecule has 5 saturated heterocycles. The maximum Gasteiger partial charge on any atom is 0.272 e. The molecule has 312 valence electrons. The molecule has 1 unspecified atom stereocenters. The third kappa shape index (κ3) is 7.46. The number of anilines is 3. The van der Waals surface area contributed by atoms with Crippen molar-refractivity contribution in [1.82, 2.24) is 25.0 Å². The predicted molar refractivity (Wildman–Crippen MR) is 223 cm³/mol. The molecule has 7 heterocycles. The number of benzene rings is 2. The van der Waals surface area contributed by atoms with E-state index in [1.165, 1.54) is 6.07 Å². The zero-order valence-electron chi connectivity index (χ0n) is 34.0. The van der Waals surface area contributed by atoms with Gasteiger partial charge in [0.25, 0.3) is 23.5 Å². The first-order chi connectivity index (χ1) is 29.0. The molecule has 1 N–H and O–H groups in total. The Kier molecular flexibility index (Phi) is 10.5. The number of hydrogen-bond acceptors (Lipinski definition) is 10. The minimum atomic E-state index is -1.09. The zero-order chi connectivity index (χ0) is 41.7. The second kappa shape index (κ2) is 15.9.